The lowest BCUT2D eigenvalue weighted by atomic mass is 9.47. The second kappa shape index (κ2) is 8.94. The van der Waals surface area contributed by atoms with Gasteiger partial charge in [0.15, 0.2) is 0 Å². The Bertz CT molecular complexity index is 770. The molecule has 9 atom stereocenters. The van der Waals surface area contributed by atoms with E-state index in [-0.39, 0.29) is 17.5 Å². The van der Waals surface area contributed by atoms with Crippen LogP contribution in [0.25, 0.3) is 0 Å². The Morgan fingerprint density at radius 2 is 1.88 bits per heavy atom. The summed E-state index contributed by atoms with van der Waals surface area (Å²) >= 11 is 0. The van der Waals surface area contributed by atoms with Crippen molar-refractivity contribution >= 4 is 5.97 Å². The molecule has 0 radical (unpaired) electrons. The highest BCUT2D eigenvalue weighted by molar-refractivity contribution is 5.66. The van der Waals surface area contributed by atoms with Crippen molar-refractivity contribution in [2.24, 2.45) is 40.4 Å². The molecule has 1 unspecified atom stereocenters. The quantitative estimate of drug-likeness (QED) is 0.294. The van der Waals surface area contributed by atoms with Gasteiger partial charge in [-0.1, -0.05) is 32.4 Å². The van der Waals surface area contributed by atoms with Gasteiger partial charge in [0, 0.05) is 13.3 Å². The van der Waals surface area contributed by atoms with E-state index in [1.165, 1.54) is 52.0 Å². The molecular weight excluding hydrogens is 418 g/mol. The minimum Gasteiger partial charge on any atom is -0.462 e. The van der Waals surface area contributed by atoms with Gasteiger partial charge in [-0.15, -0.1) is 0 Å². The first kappa shape index (κ1) is 25.2. The number of hydrogen-bond acceptors (Lipinski definition) is 2. The number of rotatable bonds is 6. The zero-order valence-corrected chi connectivity index (χ0v) is 21.8. The van der Waals surface area contributed by atoms with E-state index in [0.29, 0.717) is 23.7 Å². The average Bonchev–Trinajstić information content (AvgIpc) is 3.08. The Morgan fingerprint density at radius 1 is 1.15 bits per heavy atom. The molecule has 4 heteroatoms. The molecule has 33 heavy (non-hydrogen) atoms. The molecule has 3 saturated carbocycles. The maximum Gasteiger partial charge on any atom is 0.302 e. The molecule has 0 amide bonds. The van der Waals surface area contributed by atoms with Crippen LogP contribution in [-0.2, 0) is 9.53 Å². The normalized spacial score (nSPS) is 42.4. The Hall–Kier alpha value is -0.930. The maximum absolute atomic E-state index is 14.3. The van der Waals surface area contributed by atoms with E-state index in [9.17, 15) is 13.6 Å². The van der Waals surface area contributed by atoms with E-state index in [4.69, 9.17) is 4.74 Å². The molecular formula is C29H46F2O2. The van der Waals surface area contributed by atoms with Crippen molar-refractivity contribution in [2.45, 2.75) is 124 Å². The third kappa shape index (κ3) is 4.54. The standard InChI is InChI=1S/C29H46F2O2/c1-18(7-12-26(30)27(3,4)31)23-10-11-24-22-9-8-20-17-21(33-19(2)32)13-15-28(20,5)25(22)14-16-29(23,24)6/h8,18,21-26H,7,9-17H2,1-6H3/t18-,21+,22+,23-,24+,25+,26?,28+,29-/m1/s1. The zero-order chi connectivity index (χ0) is 24.2. The van der Waals surface area contributed by atoms with Gasteiger partial charge in [-0.05, 0) is 112 Å². The molecule has 4 rings (SSSR count). The second-order valence-electron chi connectivity index (χ2n) is 13.0. The fourth-order valence-corrected chi connectivity index (χ4v) is 8.89. The van der Waals surface area contributed by atoms with E-state index in [0.717, 1.165) is 49.9 Å². The van der Waals surface area contributed by atoms with Crippen molar-refractivity contribution in [2.75, 3.05) is 0 Å². The first-order chi connectivity index (χ1) is 15.4. The van der Waals surface area contributed by atoms with Crippen LogP contribution < -0.4 is 0 Å². The van der Waals surface area contributed by atoms with E-state index < -0.39 is 11.8 Å². The lowest BCUT2D eigenvalue weighted by Crippen LogP contribution is -2.51. The summed E-state index contributed by atoms with van der Waals surface area (Å²) in [7, 11) is 0. The van der Waals surface area contributed by atoms with Gasteiger partial charge < -0.3 is 4.74 Å². The second-order valence-corrected chi connectivity index (χ2v) is 13.0. The third-order valence-corrected chi connectivity index (χ3v) is 10.8. The van der Waals surface area contributed by atoms with Crippen LogP contribution in [0.4, 0.5) is 8.78 Å². The van der Waals surface area contributed by atoms with Gasteiger partial charge in [0.05, 0.1) is 0 Å². The molecule has 2 nitrogen and oxygen atoms in total. The zero-order valence-electron chi connectivity index (χ0n) is 21.8. The summed E-state index contributed by atoms with van der Waals surface area (Å²) in [5, 5.41) is 0. The molecule has 0 heterocycles. The number of alkyl halides is 2. The molecule has 0 aromatic carbocycles. The topological polar surface area (TPSA) is 26.3 Å². The summed E-state index contributed by atoms with van der Waals surface area (Å²) < 4.78 is 33.9. The molecule has 4 aliphatic rings. The van der Waals surface area contributed by atoms with Crippen LogP contribution >= 0.6 is 0 Å². The van der Waals surface area contributed by atoms with E-state index >= 15 is 0 Å². The summed E-state index contributed by atoms with van der Waals surface area (Å²) in [6, 6.07) is 0. The van der Waals surface area contributed by atoms with Crippen molar-refractivity contribution in [3.05, 3.63) is 11.6 Å². The van der Waals surface area contributed by atoms with Gasteiger partial charge in [-0.2, -0.15) is 0 Å². The van der Waals surface area contributed by atoms with Crippen molar-refractivity contribution in [1.29, 1.82) is 0 Å². The van der Waals surface area contributed by atoms with Crippen molar-refractivity contribution < 1.29 is 18.3 Å². The van der Waals surface area contributed by atoms with Crippen LogP contribution in [0.2, 0.25) is 0 Å². The number of allylic oxidation sites excluding steroid dienone is 1. The predicted octanol–water partition coefficient (Wildman–Crippen LogP) is 8.00. The van der Waals surface area contributed by atoms with Crippen LogP contribution in [0, 0.1) is 40.4 Å². The van der Waals surface area contributed by atoms with Crippen LogP contribution in [0.1, 0.15) is 106 Å². The predicted molar refractivity (Wildman–Crippen MR) is 129 cm³/mol. The highest BCUT2D eigenvalue weighted by atomic mass is 19.2. The fraction of sp³-hybridized carbons (Fsp3) is 0.897. The molecule has 0 bridgehead atoms. The highest BCUT2D eigenvalue weighted by Gasteiger charge is 2.59. The van der Waals surface area contributed by atoms with Crippen LogP contribution in [-0.4, -0.2) is 23.9 Å². The SMILES string of the molecule is CC(=O)O[C@H]1CC[C@@]2(C)C(=CC[C@H]3[C@@H]4CC[C@H]([C@H](C)CCC(F)C(C)(C)F)[C@@]4(C)CC[C@@H]32)C1. The molecule has 0 saturated heterocycles. The Morgan fingerprint density at radius 3 is 2.55 bits per heavy atom. The molecule has 0 spiro atoms. The molecule has 0 N–H and O–H groups in total. The Kier molecular flexibility index (Phi) is 6.82. The van der Waals surface area contributed by atoms with E-state index in [1.54, 1.807) is 0 Å². The van der Waals surface area contributed by atoms with Crippen LogP contribution in [0.3, 0.4) is 0 Å². The van der Waals surface area contributed by atoms with Gasteiger partial charge in [-0.25, -0.2) is 8.78 Å². The summed E-state index contributed by atoms with van der Waals surface area (Å²) in [6.07, 6.45) is 11.6. The minimum absolute atomic E-state index is 0.0533. The molecule has 0 aliphatic heterocycles. The number of ether oxygens (including phenoxy) is 1. The fourth-order valence-electron chi connectivity index (χ4n) is 8.89. The van der Waals surface area contributed by atoms with Gasteiger partial charge in [0.2, 0.25) is 0 Å². The summed E-state index contributed by atoms with van der Waals surface area (Å²) in [4.78, 5) is 11.5. The van der Waals surface area contributed by atoms with Crippen LogP contribution in [0.15, 0.2) is 11.6 Å². The maximum atomic E-state index is 14.3. The van der Waals surface area contributed by atoms with Gasteiger partial charge in [0.25, 0.3) is 0 Å². The molecule has 188 valence electrons. The van der Waals surface area contributed by atoms with Crippen molar-refractivity contribution in [3.8, 4) is 0 Å². The average molecular weight is 465 g/mol. The van der Waals surface area contributed by atoms with Crippen molar-refractivity contribution in [3.63, 3.8) is 0 Å². The van der Waals surface area contributed by atoms with Gasteiger partial charge >= 0.3 is 5.97 Å². The molecule has 4 aliphatic carbocycles. The number of carbonyl (C=O) groups is 1. The van der Waals surface area contributed by atoms with Gasteiger partial charge in [0.1, 0.15) is 17.9 Å². The monoisotopic (exact) mass is 464 g/mol. The van der Waals surface area contributed by atoms with E-state index in [1.807, 2.05) is 0 Å². The Balaban J connectivity index is 1.46. The number of carbonyl (C=O) groups excluding carboxylic acids is 1. The summed E-state index contributed by atoms with van der Waals surface area (Å²) in [6.45, 7) is 11.5. The Labute approximate surface area is 200 Å². The largest absolute Gasteiger partial charge is 0.462 e. The minimum atomic E-state index is -1.74. The molecule has 3 fully saturated rings. The van der Waals surface area contributed by atoms with E-state index in [2.05, 4.69) is 26.8 Å². The number of halogens is 2. The van der Waals surface area contributed by atoms with Crippen LogP contribution in [0.5, 0.6) is 0 Å². The highest BCUT2D eigenvalue weighted by Crippen LogP contribution is 2.67. The first-order valence-corrected chi connectivity index (χ1v) is 13.6. The van der Waals surface area contributed by atoms with Gasteiger partial charge in [-0.3, -0.25) is 4.79 Å². The number of hydrogen-bond donors (Lipinski definition) is 0. The number of fused-ring (bicyclic) bond motifs is 5. The molecule has 0 aromatic rings. The lowest BCUT2D eigenvalue weighted by molar-refractivity contribution is -0.148. The first-order valence-electron chi connectivity index (χ1n) is 13.6. The van der Waals surface area contributed by atoms with Crippen molar-refractivity contribution in [1.82, 2.24) is 0 Å². The summed E-state index contributed by atoms with van der Waals surface area (Å²) in [5.41, 5.74) is 0.374. The summed E-state index contributed by atoms with van der Waals surface area (Å²) in [5.74, 6) is 3.11. The number of esters is 1. The molecule has 0 aromatic heterocycles. The lowest BCUT2D eigenvalue weighted by Gasteiger charge is -2.58. The smallest absolute Gasteiger partial charge is 0.302 e. The third-order valence-electron chi connectivity index (χ3n) is 10.8.